The quantitative estimate of drug-likeness (QED) is 0.880. The molecular formula is C13H17N3O2S. The predicted molar refractivity (Wildman–Crippen MR) is 76.7 cm³/mol. The Balaban J connectivity index is 2.39. The summed E-state index contributed by atoms with van der Waals surface area (Å²) in [7, 11) is 0. The van der Waals surface area contributed by atoms with Gasteiger partial charge in [-0.25, -0.2) is 14.8 Å². The Labute approximate surface area is 115 Å². The number of hydrogen-bond acceptors (Lipinski definition) is 5. The number of carboxylic acids is 1. The van der Waals surface area contributed by atoms with Gasteiger partial charge < -0.3 is 10.4 Å². The van der Waals surface area contributed by atoms with E-state index in [0.29, 0.717) is 5.82 Å². The van der Waals surface area contributed by atoms with Crippen LogP contribution in [0.15, 0.2) is 12.4 Å². The standard InChI is InChI=1S/C13H17N3O2S/c1-4-8-5-9-11(14-6-15-12(9)19-8)16-10(7(2)3)13(17)18/h5-7,10H,4H2,1-3H3,(H,17,18)(H,14,15,16)/t10-/m1/s1. The van der Waals surface area contributed by atoms with E-state index in [2.05, 4.69) is 22.2 Å². The number of carboxylic acid groups (broad SMARTS) is 1. The number of carbonyl (C=O) groups is 1. The van der Waals surface area contributed by atoms with Crippen molar-refractivity contribution in [3.05, 3.63) is 17.3 Å². The topological polar surface area (TPSA) is 75.1 Å². The largest absolute Gasteiger partial charge is 0.480 e. The second kappa shape index (κ2) is 5.52. The lowest BCUT2D eigenvalue weighted by Crippen LogP contribution is -2.34. The number of rotatable bonds is 5. The minimum atomic E-state index is -0.868. The van der Waals surface area contributed by atoms with Crippen LogP contribution in [0.4, 0.5) is 5.82 Å². The lowest BCUT2D eigenvalue weighted by molar-refractivity contribution is -0.138. The highest BCUT2D eigenvalue weighted by atomic mass is 32.1. The van der Waals surface area contributed by atoms with Gasteiger partial charge in [0, 0.05) is 4.88 Å². The summed E-state index contributed by atoms with van der Waals surface area (Å²) >= 11 is 1.62. The van der Waals surface area contributed by atoms with E-state index in [1.807, 2.05) is 19.9 Å². The molecule has 1 atom stereocenters. The number of aliphatic carboxylic acids is 1. The van der Waals surface area contributed by atoms with E-state index in [1.165, 1.54) is 11.2 Å². The molecule has 0 bridgehead atoms. The van der Waals surface area contributed by atoms with Gasteiger partial charge in [0.25, 0.3) is 0 Å². The van der Waals surface area contributed by atoms with Crippen molar-refractivity contribution in [2.45, 2.75) is 33.2 Å². The first-order valence-electron chi connectivity index (χ1n) is 6.25. The number of anilines is 1. The first-order chi connectivity index (χ1) is 9.02. The summed E-state index contributed by atoms with van der Waals surface area (Å²) in [5.41, 5.74) is 0. The van der Waals surface area contributed by atoms with Crippen molar-refractivity contribution in [3.8, 4) is 0 Å². The van der Waals surface area contributed by atoms with Gasteiger partial charge in [0.1, 0.15) is 23.0 Å². The Morgan fingerprint density at radius 1 is 1.47 bits per heavy atom. The molecule has 0 aliphatic rings. The van der Waals surface area contributed by atoms with Gasteiger partial charge in [-0.05, 0) is 18.4 Å². The fourth-order valence-corrected chi connectivity index (χ4v) is 2.79. The Morgan fingerprint density at radius 2 is 2.21 bits per heavy atom. The molecule has 19 heavy (non-hydrogen) atoms. The number of aryl methyl sites for hydroxylation is 1. The maximum Gasteiger partial charge on any atom is 0.326 e. The number of thiophene rings is 1. The molecule has 0 spiro atoms. The maximum atomic E-state index is 11.2. The van der Waals surface area contributed by atoms with E-state index in [1.54, 1.807) is 11.3 Å². The maximum absolute atomic E-state index is 11.2. The van der Waals surface area contributed by atoms with Crippen LogP contribution in [-0.2, 0) is 11.2 Å². The lowest BCUT2D eigenvalue weighted by Gasteiger charge is -2.18. The van der Waals surface area contributed by atoms with E-state index in [0.717, 1.165) is 16.6 Å². The molecule has 0 saturated carbocycles. The minimum Gasteiger partial charge on any atom is -0.480 e. The van der Waals surface area contributed by atoms with Crippen molar-refractivity contribution in [1.82, 2.24) is 9.97 Å². The molecule has 0 radical (unpaired) electrons. The molecule has 0 aliphatic heterocycles. The molecule has 2 N–H and O–H groups in total. The average molecular weight is 279 g/mol. The predicted octanol–water partition coefficient (Wildman–Crippen LogP) is 2.77. The summed E-state index contributed by atoms with van der Waals surface area (Å²) in [6.07, 6.45) is 2.41. The van der Waals surface area contributed by atoms with Gasteiger partial charge in [-0.1, -0.05) is 20.8 Å². The van der Waals surface area contributed by atoms with Crippen LogP contribution in [0, 0.1) is 5.92 Å². The molecule has 5 nitrogen and oxygen atoms in total. The van der Waals surface area contributed by atoms with Gasteiger partial charge >= 0.3 is 5.97 Å². The fraction of sp³-hybridized carbons (Fsp3) is 0.462. The third-order valence-corrected chi connectivity index (χ3v) is 4.14. The van der Waals surface area contributed by atoms with E-state index < -0.39 is 12.0 Å². The van der Waals surface area contributed by atoms with Gasteiger partial charge in [-0.3, -0.25) is 0 Å². The monoisotopic (exact) mass is 279 g/mol. The molecule has 2 rings (SSSR count). The van der Waals surface area contributed by atoms with Crippen LogP contribution in [0.25, 0.3) is 10.2 Å². The van der Waals surface area contributed by atoms with E-state index >= 15 is 0 Å². The van der Waals surface area contributed by atoms with Crippen molar-refractivity contribution < 1.29 is 9.90 Å². The molecule has 0 saturated heterocycles. The van der Waals surface area contributed by atoms with Gasteiger partial charge in [-0.15, -0.1) is 11.3 Å². The number of fused-ring (bicyclic) bond motifs is 1. The van der Waals surface area contributed by atoms with Crippen LogP contribution in [0.5, 0.6) is 0 Å². The van der Waals surface area contributed by atoms with Crippen LogP contribution in [0.2, 0.25) is 0 Å². The third kappa shape index (κ3) is 2.84. The zero-order valence-corrected chi connectivity index (χ0v) is 12.0. The van der Waals surface area contributed by atoms with Crippen molar-refractivity contribution in [2.24, 2.45) is 5.92 Å². The Bertz CT molecular complexity index is 595. The number of nitrogens with zero attached hydrogens (tertiary/aromatic N) is 2. The van der Waals surface area contributed by atoms with Gasteiger partial charge in [0.15, 0.2) is 0 Å². The Hall–Kier alpha value is -1.69. The second-order valence-corrected chi connectivity index (χ2v) is 5.83. The number of aromatic nitrogens is 2. The van der Waals surface area contributed by atoms with Crippen molar-refractivity contribution in [2.75, 3.05) is 5.32 Å². The zero-order chi connectivity index (χ0) is 14.0. The first-order valence-corrected chi connectivity index (χ1v) is 7.07. The first kappa shape index (κ1) is 13.7. The fourth-order valence-electron chi connectivity index (χ4n) is 1.86. The summed E-state index contributed by atoms with van der Waals surface area (Å²) in [6, 6.07) is 1.38. The van der Waals surface area contributed by atoms with Crippen LogP contribution in [-0.4, -0.2) is 27.1 Å². The molecule has 0 aliphatic carbocycles. The third-order valence-electron chi connectivity index (χ3n) is 2.95. The highest BCUT2D eigenvalue weighted by Crippen LogP contribution is 2.29. The molecule has 2 heterocycles. The van der Waals surface area contributed by atoms with Crippen LogP contribution in [0.3, 0.4) is 0 Å². The summed E-state index contributed by atoms with van der Waals surface area (Å²) in [6.45, 7) is 5.82. The van der Waals surface area contributed by atoms with Crippen LogP contribution >= 0.6 is 11.3 Å². The van der Waals surface area contributed by atoms with Gasteiger partial charge in [0.05, 0.1) is 5.39 Å². The van der Waals surface area contributed by atoms with Gasteiger partial charge in [-0.2, -0.15) is 0 Å². The van der Waals surface area contributed by atoms with E-state index in [-0.39, 0.29) is 5.92 Å². The van der Waals surface area contributed by atoms with Crippen molar-refractivity contribution in [1.29, 1.82) is 0 Å². The van der Waals surface area contributed by atoms with Crippen LogP contribution < -0.4 is 5.32 Å². The molecule has 0 amide bonds. The van der Waals surface area contributed by atoms with E-state index in [9.17, 15) is 9.90 Å². The molecule has 6 heteroatoms. The SMILES string of the molecule is CCc1cc2c(N[C@@H](C(=O)O)C(C)C)ncnc2s1. The summed E-state index contributed by atoms with van der Waals surface area (Å²) < 4.78 is 0. The molecule has 0 aromatic carbocycles. The number of nitrogens with one attached hydrogen (secondary N) is 1. The molecular weight excluding hydrogens is 262 g/mol. The minimum absolute atomic E-state index is 0.0215. The van der Waals surface area contributed by atoms with Crippen molar-refractivity contribution in [3.63, 3.8) is 0 Å². The van der Waals surface area contributed by atoms with Crippen molar-refractivity contribution >= 4 is 33.3 Å². The average Bonchev–Trinajstić information content (AvgIpc) is 2.78. The molecule has 102 valence electrons. The highest BCUT2D eigenvalue weighted by Gasteiger charge is 2.22. The van der Waals surface area contributed by atoms with E-state index in [4.69, 9.17) is 0 Å². The second-order valence-electron chi connectivity index (χ2n) is 4.71. The summed E-state index contributed by atoms with van der Waals surface area (Å²) in [5.74, 6) is -0.290. The lowest BCUT2D eigenvalue weighted by atomic mass is 10.0. The highest BCUT2D eigenvalue weighted by molar-refractivity contribution is 7.18. The normalized spacial score (nSPS) is 12.8. The van der Waals surface area contributed by atoms with Crippen LogP contribution in [0.1, 0.15) is 25.6 Å². The Kier molecular flexibility index (Phi) is 3.99. The molecule has 2 aromatic heterocycles. The molecule has 2 aromatic rings. The number of hydrogen-bond donors (Lipinski definition) is 2. The molecule has 0 fully saturated rings. The molecule has 0 unspecified atom stereocenters. The van der Waals surface area contributed by atoms with Gasteiger partial charge in [0.2, 0.25) is 0 Å². The Morgan fingerprint density at radius 3 is 2.79 bits per heavy atom. The summed E-state index contributed by atoms with van der Waals surface area (Å²) in [4.78, 5) is 21.8. The smallest absolute Gasteiger partial charge is 0.326 e. The zero-order valence-electron chi connectivity index (χ0n) is 11.2. The summed E-state index contributed by atoms with van der Waals surface area (Å²) in [5, 5.41) is 13.1.